The summed E-state index contributed by atoms with van der Waals surface area (Å²) in [6, 6.07) is 9.48. The molecule has 1 atom stereocenters. The van der Waals surface area contributed by atoms with Gasteiger partial charge in [-0.25, -0.2) is 0 Å². The van der Waals surface area contributed by atoms with Crippen molar-refractivity contribution in [2.24, 2.45) is 5.73 Å². The van der Waals surface area contributed by atoms with E-state index >= 15 is 0 Å². The van der Waals surface area contributed by atoms with Gasteiger partial charge in [0, 0.05) is 23.6 Å². The molecule has 1 heterocycles. The first-order valence-corrected chi connectivity index (χ1v) is 9.67. The third kappa shape index (κ3) is 4.68. The molecular formula is C20H22Cl2N2O2. The second kappa shape index (κ2) is 8.28. The molecule has 1 aliphatic rings. The molecule has 1 amide bonds. The van der Waals surface area contributed by atoms with Crippen LogP contribution in [0.2, 0.25) is 10.0 Å². The Kier molecular flexibility index (Phi) is 6.05. The molecule has 3 N–H and O–H groups in total. The van der Waals surface area contributed by atoms with Crippen molar-refractivity contribution in [1.82, 2.24) is 4.98 Å². The van der Waals surface area contributed by atoms with Gasteiger partial charge in [-0.15, -0.1) is 0 Å². The van der Waals surface area contributed by atoms with Crippen LogP contribution in [0.1, 0.15) is 67.2 Å². The first-order valence-electron chi connectivity index (χ1n) is 8.92. The number of hydrogen-bond donors (Lipinski definition) is 2. The lowest BCUT2D eigenvalue weighted by Gasteiger charge is -2.19. The van der Waals surface area contributed by atoms with Gasteiger partial charge in [0.25, 0.3) is 5.56 Å². The smallest absolute Gasteiger partial charge is 0.251 e. The molecule has 0 bridgehead atoms. The van der Waals surface area contributed by atoms with Crippen LogP contribution in [0.15, 0.2) is 35.1 Å². The standard InChI is InChI=1S/C20H22Cl2N2O2/c21-16-9-7-13(11-17(16)22)14(3-1-2-4-19(23)25)18-10-8-15(12-5-6-12)20(26)24-18/h7-12,14H,1-6H2,(H2,23,25)(H,24,26)/t14-/m1/s1. The maximum absolute atomic E-state index is 12.4. The molecule has 0 saturated heterocycles. The van der Waals surface area contributed by atoms with E-state index in [1.807, 2.05) is 24.3 Å². The van der Waals surface area contributed by atoms with Crippen molar-refractivity contribution in [3.05, 3.63) is 67.6 Å². The van der Waals surface area contributed by atoms with Gasteiger partial charge in [0.2, 0.25) is 5.91 Å². The number of pyridine rings is 1. The minimum absolute atomic E-state index is 0.00723. The van der Waals surface area contributed by atoms with Crippen LogP contribution in [0.3, 0.4) is 0 Å². The highest BCUT2D eigenvalue weighted by Gasteiger charge is 2.27. The Morgan fingerprint density at radius 2 is 1.92 bits per heavy atom. The molecule has 1 aliphatic carbocycles. The van der Waals surface area contributed by atoms with E-state index in [1.165, 1.54) is 0 Å². The fourth-order valence-corrected chi connectivity index (χ4v) is 3.60. The lowest BCUT2D eigenvalue weighted by atomic mass is 9.89. The number of nitrogens with two attached hydrogens (primary N) is 1. The minimum atomic E-state index is -0.293. The highest BCUT2D eigenvalue weighted by Crippen LogP contribution is 2.39. The highest BCUT2D eigenvalue weighted by molar-refractivity contribution is 6.42. The van der Waals surface area contributed by atoms with Gasteiger partial charge >= 0.3 is 0 Å². The number of nitrogens with one attached hydrogen (secondary N) is 1. The molecule has 138 valence electrons. The molecule has 1 saturated carbocycles. The van der Waals surface area contributed by atoms with E-state index in [9.17, 15) is 9.59 Å². The summed E-state index contributed by atoms with van der Waals surface area (Å²) in [7, 11) is 0. The Bertz CT molecular complexity index is 859. The van der Waals surface area contributed by atoms with Gasteiger partial charge in [-0.1, -0.05) is 41.8 Å². The van der Waals surface area contributed by atoms with E-state index in [4.69, 9.17) is 28.9 Å². The van der Waals surface area contributed by atoms with Crippen LogP contribution in [-0.4, -0.2) is 10.9 Å². The monoisotopic (exact) mass is 392 g/mol. The van der Waals surface area contributed by atoms with Gasteiger partial charge < -0.3 is 10.7 Å². The molecule has 1 aromatic heterocycles. The van der Waals surface area contributed by atoms with Crippen molar-refractivity contribution in [2.45, 2.75) is 50.4 Å². The number of amides is 1. The van der Waals surface area contributed by atoms with Crippen LogP contribution in [0.25, 0.3) is 0 Å². The van der Waals surface area contributed by atoms with Crippen molar-refractivity contribution in [3.8, 4) is 0 Å². The predicted octanol–water partition coefficient (Wildman–Crippen LogP) is 4.74. The van der Waals surface area contributed by atoms with Crippen molar-refractivity contribution < 1.29 is 4.79 Å². The fraction of sp³-hybridized carbons (Fsp3) is 0.400. The predicted molar refractivity (Wildman–Crippen MR) is 105 cm³/mol. The second-order valence-electron chi connectivity index (χ2n) is 6.91. The van der Waals surface area contributed by atoms with Crippen molar-refractivity contribution in [3.63, 3.8) is 0 Å². The van der Waals surface area contributed by atoms with Crippen molar-refractivity contribution >= 4 is 29.1 Å². The number of benzene rings is 1. The fourth-order valence-electron chi connectivity index (χ4n) is 3.30. The third-order valence-electron chi connectivity index (χ3n) is 4.87. The number of rotatable bonds is 8. The average molecular weight is 393 g/mol. The van der Waals surface area contributed by atoms with E-state index < -0.39 is 0 Å². The average Bonchev–Trinajstić information content (AvgIpc) is 3.42. The summed E-state index contributed by atoms with van der Waals surface area (Å²) in [6.45, 7) is 0. The van der Waals surface area contributed by atoms with Gasteiger partial charge in [-0.2, -0.15) is 0 Å². The highest BCUT2D eigenvalue weighted by atomic mass is 35.5. The van der Waals surface area contributed by atoms with Gasteiger partial charge in [0.05, 0.1) is 10.0 Å². The molecule has 1 aromatic carbocycles. The Morgan fingerprint density at radius 1 is 1.15 bits per heavy atom. The summed E-state index contributed by atoms with van der Waals surface area (Å²) in [4.78, 5) is 26.5. The molecule has 0 aliphatic heterocycles. The number of hydrogen-bond acceptors (Lipinski definition) is 2. The molecule has 26 heavy (non-hydrogen) atoms. The number of carbonyl (C=O) groups is 1. The Hall–Kier alpha value is -1.78. The lowest BCUT2D eigenvalue weighted by Crippen LogP contribution is -2.16. The summed E-state index contributed by atoms with van der Waals surface area (Å²) in [5.74, 6) is 0.101. The molecule has 0 spiro atoms. The third-order valence-corrected chi connectivity index (χ3v) is 5.61. The molecule has 0 unspecified atom stereocenters. The lowest BCUT2D eigenvalue weighted by molar-refractivity contribution is -0.118. The zero-order valence-corrected chi connectivity index (χ0v) is 15.9. The van der Waals surface area contributed by atoms with Gasteiger partial charge in [0.15, 0.2) is 0 Å². The van der Waals surface area contributed by atoms with E-state index in [1.54, 1.807) is 6.07 Å². The maximum Gasteiger partial charge on any atom is 0.251 e. The second-order valence-corrected chi connectivity index (χ2v) is 7.73. The van der Waals surface area contributed by atoms with Crippen molar-refractivity contribution in [1.29, 1.82) is 0 Å². The van der Waals surface area contributed by atoms with E-state index in [0.717, 1.165) is 48.9 Å². The minimum Gasteiger partial charge on any atom is -0.370 e. The summed E-state index contributed by atoms with van der Waals surface area (Å²) < 4.78 is 0. The molecule has 3 rings (SSSR count). The zero-order valence-electron chi connectivity index (χ0n) is 14.4. The Morgan fingerprint density at radius 3 is 2.54 bits per heavy atom. The van der Waals surface area contributed by atoms with Crippen molar-refractivity contribution in [2.75, 3.05) is 0 Å². The number of primary amides is 1. The van der Waals surface area contributed by atoms with Crippen LogP contribution in [-0.2, 0) is 4.79 Å². The zero-order chi connectivity index (χ0) is 18.7. The van der Waals surface area contributed by atoms with Crippen LogP contribution in [0, 0.1) is 0 Å². The number of aromatic nitrogens is 1. The molecule has 4 nitrogen and oxygen atoms in total. The van der Waals surface area contributed by atoms with Crippen LogP contribution in [0.4, 0.5) is 0 Å². The molecular weight excluding hydrogens is 371 g/mol. The SMILES string of the molecule is NC(=O)CCCC[C@H](c1ccc(Cl)c(Cl)c1)c1ccc(C2CC2)c(=O)[nH]1. The molecule has 2 aromatic rings. The largest absolute Gasteiger partial charge is 0.370 e. The number of H-pyrrole nitrogens is 1. The van der Waals surface area contributed by atoms with E-state index in [-0.39, 0.29) is 17.4 Å². The van der Waals surface area contributed by atoms with Crippen LogP contribution >= 0.6 is 23.2 Å². The maximum atomic E-state index is 12.4. The first kappa shape index (κ1) is 19.0. The van der Waals surface area contributed by atoms with E-state index in [2.05, 4.69) is 4.98 Å². The summed E-state index contributed by atoms with van der Waals surface area (Å²) in [6.07, 6.45) is 4.87. The molecule has 6 heteroatoms. The Labute approximate surface area is 162 Å². The summed E-state index contributed by atoms with van der Waals surface area (Å²) in [5, 5.41) is 0.990. The van der Waals surface area contributed by atoms with Gasteiger partial charge in [-0.3, -0.25) is 9.59 Å². The number of aromatic amines is 1. The number of carbonyl (C=O) groups excluding carboxylic acids is 1. The van der Waals surface area contributed by atoms with Crippen LogP contribution in [0.5, 0.6) is 0 Å². The quantitative estimate of drug-likeness (QED) is 0.636. The summed E-state index contributed by atoms with van der Waals surface area (Å²) >= 11 is 12.2. The molecule has 1 fully saturated rings. The molecule has 0 radical (unpaired) electrons. The normalized spacial score (nSPS) is 15.0. The number of halogens is 2. The first-order chi connectivity index (χ1) is 12.5. The summed E-state index contributed by atoms with van der Waals surface area (Å²) in [5.41, 5.74) is 7.94. The van der Waals surface area contributed by atoms with E-state index in [0.29, 0.717) is 22.4 Å². The Balaban J connectivity index is 1.86. The van der Waals surface area contributed by atoms with Crippen LogP contribution < -0.4 is 11.3 Å². The van der Waals surface area contributed by atoms with Gasteiger partial charge in [-0.05, 0) is 55.4 Å². The van der Waals surface area contributed by atoms with Gasteiger partial charge in [0.1, 0.15) is 0 Å². The number of unbranched alkanes of at least 4 members (excludes halogenated alkanes) is 1. The topological polar surface area (TPSA) is 76.0 Å².